The van der Waals surface area contributed by atoms with E-state index in [9.17, 15) is 4.79 Å². The fraction of sp³-hybridized carbons (Fsp3) is 0.938. The monoisotopic (exact) mass is 279 g/mol. The summed E-state index contributed by atoms with van der Waals surface area (Å²) < 4.78 is 0. The second-order valence-corrected chi connectivity index (χ2v) is 7.62. The molecule has 1 amide bonds. The molecule has 2 saturated carbocycles. The number of carbonyl (C=O) groups excluding carboxylic acids is 1. The summed E-state index contributed by atoms with van der Waals surface area (Å²) in [5.41, 5.74) is 6.12. The van der Waals surface area contributed by atoms with E-state index in [-0.39, 0.29) is 5.91 Å². The number of likely N-dealkylation sites (tertiary alicyclic amines) is 1. The van der Waals surface area contributed by atoms with Crippen LogP contribution >= 0.6 is 0 Å². The van der Waals surface area contributed by atoms with Crippen molar-refractivity contribution in [3.63, 3.8) is 0 Å². The van der Waals surface area contributed by atoms with Gasteiger partial charge in [-0.25, -0.2) is 0 Å². The number of piperidine rings is 1. The van der Waals surface area contributed by atoms with Crippen LogP contribution in [-0.4, -0.2) is 42.0 Å². The quantitative estimate of drug-likeness (QED) is 0.822. The molecule has 0 bridgehead atoms. The van der Waals surface area contributed by atoms with Crippen molar-refractivity contribution in [1.82, 2.24) is 10.2 Å². The molecule has 0 aromatic heterocycles. The van der Waals surface area contributed by atoms with Crippen molar-refractivity contribution in [2.75, 3.05) is 19.6 Å². The van der Waals surface area contributed by atoms with Gasteiger partial charge in [0.05, 0.1) is 5.54 Å². The summed E-state index contributed by atoms with van der Waals surface area (Å²) in [5.74, 6) is 0.215. The average Bonchev–Trinajstić information content (AvgIpc) is 3.18. The first-order valence-corrected chi connectivity index (χ1v) is 8.33. The highest BCUT2D eigenvalue weighted by atomic mass is 16.2. The lowest BCUT2D eigenvalue weighted by atomic mass is 9.79. The van der Waals surface area contributed by atoms with Crippen LogP contribution in [0.2, 0.25) is 0 Å². The van der Waals surface area contributed by atoms with Gasteiger partial charge in [0, 0.05) is 25.7 Å². The molecule has 1 aliphatic heterocycles. The minimum absolute atomic E-state index is 0.215. The maximum atomic E-state index is 12.6. The maximum absolute atomic E-state index is 12.6. The molecule has 3 fully saturated rings. The molecule has 1 saturated heterocycles. The van der Waals surface area contributed by atoms with Crippen LogP contribution in [0.15, 0.2) is 0 Å². The van der Waals surface area contributed by atoms with Crippen LogP contribution in [0.5, 0.6) is 0 Å². The highest BCUT2D eigenvalue weighted by Gasteiger charge is 2.42. The summed E-state index contributed by atoms with van der Waals surface area (Å²) in [7, 11) is 0. The molecule has 0 aromatic rings. The summed E-state index contributed by atoms with van der Waals surface area (Å²) in [5, 5.41) is 3.65. The number of carbonyl (C=O) groups is 1. The van der Waals surface area contributed by atoms with E-state index in [2.05, 4.69) is 12.2 Å². The van der Waals surface area contributed by atoms with E-state index < -0.39 is 5.54 Å². The first-order valence-electron chi connectivity index (χ1n) is 8.33. The third-order valence-electron chi connectivity index (χ3n) is 5.57. The van der Waals surface area contributed by atoms with Gasteiger partial charge in [0.1, 0.15) is 0 Å². The number of nitrogens with zero attached hydrogens (tertiary/aromatic N) is 1. The van der Waals surface area contributed by atoms with Crippen LogP contribution in [0.4, 0.5) is 0 Å². The summed E-state index contributed by atoms with van der Waals surface area (Å²) in [6.45, 7) is 5.24. The predicted octanol–water partition coefficient (Wildman–Crippen LogP) is 1.64. The smallest absolute Gasteiger partial charge is 0.242 e. The van der Waals surface area contributed by atoms with E-state index in [1.54, 1.807) is 0 Å². The van der Waals surface area contributed by atoms with Crippen LogP contribution in [0, 0.1) is 5.41 Å². The van der Waals surface area contributed by atoms with Crippen LogP contribution in [-0.2, 0) is 4.79 Å². The lowest BCUT2D eigenvalue weighted by Gasteiger charge is -2.42. The van der Waals surface area contributed by atoms with Crippen molar-refractivity contribution >= 4 is 5.91 Å². The first-order chi connectivity index (χ1) is 9.51. The normalized spacial score (nSPS) is 28.6. The molecule has 4 heteroatoms. The van der Waals surface area contributed by atoms with Crippen LogP contribution in [0.1, 0.15) is 58.3 Å². The third kappa shape index (κ3) is 3.01. The van der Waals surface area contributed by atoms with Gasteiger partial charge in [-0.05, 0) is 43.9 Å². The standard InChI is InChI=1S/C16H29N3O/c1-15(12-18-13-4-5-13)8-10-19(11-9-15)14(20)16(17)6-2-3-7-16/h13,18H,2-12,17H2,1H3. The van der Waals surface area contributed by atoms with Crippen molar-refractivity contribution in [1.29, 1.82) is 0 Å². The molecule has 3 aliphatic rings. The van der Waals surface area contributed by atoms with Crippen molar-refractivity contribution in [3.05, 3.63) is 0 Å². The average molecular weight is 279 g/mol. The Hall–Kier alpha value is -0.610. The Morgan fingerprint density at radius 3 is 2.35 bits per heavy atom. The van der Waals surface area contributed by atoms with Crippen LogP contribution in [0.3, 0.4) is 0 Å². The summed E-state index contributed by atoms with van der Waals surface area (Å²) in [6, 6.07) is 0.775. The van der Waals surface area contributed by atoms with Crippen molar-refractivity contribution in [3.8, 4) is 0 Å². The Labute approximate surface area is 122 Å². The van der Waals surface area contributed by atoms with Gasteiger partial charge in [0.2, 0.25) is 5.91 Å². The minimum Gasteiger partial charge on any atom is -0.341 e. The largest absolute Gasteiger partial charge is 0.341 e. The summed E-state index contributed by atoms with van der Waals surface area (Å²) in [4.78, 5) is 14.6. The molecule has 1 heterocycles. The number of nitrogens with two attached hydrogens (primary N) is 1. The molecule has 0 atom stereocenters. The Morgan fingerprint density at radius 2 is 1.80 bits per heavy atom. The van der Waals surface area contributed by atoms with E-state index in [0.29, 0.717) is 5.41 Å². The minimum atomic E-state index is -0.542. The van der Waals surface area contributed by atoms with Crippen LogP contribution < -0.4 is 11.1 Å². The zero-order chi connectivity index (χ0) is 14.2. The summed E-state index contributed by atoms with van der Waals surface area (Å²) >= 11 is 0. The highest BCUT2D eigenvalue weighted by molar-refractivity contribution is 5.86. The maximum Gasteiger partial charge on any atom is 0.242 e. The van der Waals surface area contributed by atoms with E-state index >= 15 is 0 Å². The molecule has 4 nitrogen and oxygen atoms in total. The molecule has 20 heavy (non-hydrogen) atoms. The molecule has 0 unspecified atom stereocenters. The Balaban J connectivity index is 1.50. The molecule has 0 aromatic carbocycles. The first kappa shape index (κ1) is 14.3. The van der Waals surface area contributed by atoms with Gasteiger partial charge in [0.25, 0.3) is 0 Å². The second-order valence-electron chi connectivity index (χ2n) is 7.62. The topological polar surface area (TPSA) is 58.4 Å². The lowest BCUT2D eigenvalue weighted by Crippen LogP contribution is -2.56. The molecule has 114 valence electrons. The van der Waals surface area contributed by atoms with Gasteiger partial charge in [-0.3, -0.25) is 4.79 Å². The number of amides is 1. The zero-order valence-electron chi connectivity index (χ0n) is 12.8. The van der Waals surface area contributed by atoms with Crippen molar-refractivity contribution in [2.45, 2.75) is 69.9 Å². The van der Waals surface area contributed by atoms with Gasteiger partial charge in [-0.2, -0.15) is 0 Å². The van der Waals surface area contributed by atoms with E-state index in [0.717, 1.165) is 64.2 Å². The molecule has 2 aliphatic carbocycles. The van der Waals surface area contributed by atoms with Gasteiger partial charge in [0.15, 0.2) is 0 Å². The van der Waals surface area contributed by atoms with Crippen LogP contribution in [0.25, 0.3) is 0 Å². The molecule has 0 spiro atoms. The van der Waals surface area contributed by atoms with Gasteiger partial charge in [-0.15, -0.1) is 0 Å². The van der Waals surface area contributed by atoms with Gasteiger partial charge < -0.3 is 16.0 Å². The van der Waals surface area contributed by atoms with Crippen molar-refractivity contribution in [2.24, 2.45) is 11.1 Å². The predicted molar refractivity (Wildman–Crippen MR) is 80.3 cm³/mol. The SMILES string of the molecule is CC1(CNC2CC2)CCN(C(=O)C2(N)CCCC2)CC1. The fourth-order valence-corrected chi connectivity index (χ4v) is 3.64. The second kappa shape index (κ2) is 5.30. The highest BCUT2D eigenvalue weighted by Crippen LogP contribution is 2.34. The number of nitrogens with one attached hydrogen (secondary N) is 1. The zero-order valence-corrected chi connectivity index (χ0v) is 12.8. The lowest BCUT2D eigenvalue weighted by molar-refractivity contribution is -0.139. The van der Waals surface area contributed by atoms with Crippen molar-refractivity contribution < 1.29 is 4.79 Å². The summed E-state index contributed by atoms with van der Waals surface area (Å²) in [6.07, 6.45) is 8.87. The number of hydrogen-bond donors (Lipinski definition) is 2. The molecule has 0 radical (unpaired) electrons. The van der Waals surface area contributed by atoms with Gasteiger partial charge >= 0.3 is 0 Å². The molecular weight excluding hydrogens is 250 g/mol. The number of rotatable bonds is 4. The van der Waals surface area contributed by atoms with E-state index in [1.807, 2.05) is 4.90 Å². The third-order valence-corrected chi connectivity index (χ3v) is 5.57. The number of hydrogen-bond acceptors (Lipinski definition) is 3. The molecular formula is C16H29N3O. The Kier molecular flexibility index (Phi) is 3.80. The van der Waals surface area contributed by atoms with E-state index in [4.69, 9.17) is 5.73 Å². The Morgan fingerprint density at radius 1 is 1.20 bits per heavy atom. The fourth-order valence-electron chi connectivity index (χ4n) is 3.64. The van der Waals surface area contributed by atoms with Gasteiger partial charge in [-0.1, -0.05) is 19.8 Å². The Bertz CT molecular complexity index is 364. The van der Waals surface area contributed by atoms with E-state index in [1.165, 1.54) is 12.8 Å². The molecule has 3 rings (SSSR count). The molecule has 3 N–H and O–H groups in total.